The molecule has 0 bridgehead atoms. The normalized spacial score (nSPS) is 16.4. The van der Waals surface area contributed by atoms with E-state index >= 15 is 0 Å². The highest BCUT2D eigenvalue weighted by atomic mass is 35.5. The number of ether oxygens (including phenoxy) is 1. The molecule has 3 rings (SSSR count). The maximum absolute atomic E-state index is 13.1. The monoisotopic (exact) mass is 429 g/mol. The minimum atomic E-state index is -0.866. The first-order valence-corrected chi connectivity index (χ1v) is 10.0. The Hall–Kier alpha value is -3.06. The van der Waals surface area contributed by atoms with Crippen molar-refractivity contribution in [2.45, 2.75) is 26.3 Å². The van der Waals surface area contributed by atoms with Crippen molar-refractivity contribution in [3.8, 4) is 5.75 Å². The first-order chi connectivity index (χ1) is 14.3. The molecule has 158 valence electrons. The van der Waals surface area contributed by atoms with Gasteiger partial charge in [0.15, 0.2) is 0 Å². The van der Waals surface area contributed by atoms with Gasteiger partial charge in [-0.3, -0.25) is 9.59 Å². The SMILES string of the molecule is COc1ccc(N2C(=O)[C@H](CC(=O)Nc3ccc(Cl)cc3)N(CC(C)C)C2=O)cc1. The summed E-state index contributed by atoms with van der Waals surface area (Å²) in [4.78, 5) is 41.4. The second kappa shape index (κ2) is 9.17. The third kappa shape index (κ3) is 4.74. The van der Waals surface area contributed by atoms with Crippen LogP contribution in [0.4, 0.5) is 16.2 Å². The lowest BCUT2D eigenvalue weighted by Gasteiger charge is -2.23. The van der Waals surface area contributed by atoms with Crippen LogP contribution < -0.4 is 15.0 Å². The van der Waals surface area contributed by atoms with Crippen LogP contribution in [0.3, 0.4) is 0 Å². The van der Waals surface area contributed by atoms with Crippen LogP contribution in [0, 0.1) is 5.92 Å². The lowest BCUT2D eigenvalue weighted by atomic mass is 10.1. The van der Waals surface area contributed by atoms with E-state index in [1.165, 1.54) is 4.90 Å². The fraction of sp³-hybridized carbons (Fsp3) is 0.318. The zero-order valence-corrected chi connectivity index (χ0v) is 17.8. The van der Waals surface area contributed by atoms with Gasteiger partial charge in [-0.05, 0) is 54.4 Å². The van der Waals surface area contributed by atoms with Crippen molar-refractivity contribution < 1.29 is 19.1 Å². The van der Waals surface area contributed by atoms with E-state index in [9.17, 15) is 14.4 Å². The number of nitrogens with zero attached hydrogens (tertiary/aromatic N) is 2. The number of halogens is 1. The molecule has 30 heavy (non-hydrogen) atoms. The number of carbonyl (C=O) groups excluding carboxylic acids is 3. The van der Waals surface area contributed by atoms with Gasteiger partial charge in [-0.1, -0.05) is 25.4 Å². The quantitative estimate of drug-likeness (QED) is 0.670. The van der Waals surface area contributed by atoms with Crippen LogP contribution in [0.15, 0.2) is 48.5 Å². The smallest absolute Gasteiger partial charge is 0.332 e. The first-order valence-electron chi connectivity index (χ1n) is 9.64. The zero-order valence-electron chi connectivity index (χ0n) is 17.1. The first kappa shape index (κ1) is 21.6. The summed E-state index contributed by atoms with van der Waals surface area (Å²) in [6, 6.07) is 12.1. The molecule has 0 unspecified atom stereocenters. The standard InChI is InChI=1S/C22H24ClN3O4/c1-14(2)13-25-19(12-20(27)24-16-6-4-15(23)5-7-16)21(28)26(22(25)29)17-8-10-18(30-3)11-9-17/h4-11,14,19H,12-13H2,1-3H3,(H,24,27)/t19-/m0/s1. The molecule has 8 heteroatoms. The van der Waals surface area contributed by atoms with E-state index in [1.54, 1.807) is 55.6 Å². The fourth-order valence-electron chi connectivity index (χ4n) is 3.32. The molecule has 7 nitrogen and oxygen atoms in total. The number of urea groups is 1. The Morgan fingerprint density at radius 2 is 1.73 bits per heavy atom. The number of imide groups is 1. The highest BCUT2D eigenvalue weighted by Crippen LogP contribution is 2.29. The molecular weight excluding hydrogens is 406 g/mol. The Labute approximate surface area is 180 Å². The highest BCUT2D eigenvalue weighted by molar-refractivity contribution is 6.30. The summed E-state index contributed by atoms with van der Waals surface area (Å²) in [6.07, 6.45) is -0.132. The van der Waals surface area contributed by atoms with Crippen molar-refractivity contribution in [1.29, 1.82) is 0 Å². The largest absolute Gasteiger partial charge is 0.497 e. The van der Waals surface area contributed by atoms with Crippen LogP contribution in [-0.2, 0) is 9.59 Å². The molecule has 2 aromatic rings. The van der Waals surface area contributed by atoms with Gasteiger partial charge >= 0.3 is 6.03 Å². The summed E-state index contributed by atoms with van der Waals surface area (Å²) < 4.78 is 5.14. The predicted molar refractivity (Wildman–Crippen MR) is 116 cm³/mol. The molecule has 1 N–H and O–H groups in total. The van der Waals surface area contributed by atoms with Crippen molar-refractivity contribution in [1.82, 2.24) is 4.90 Å². The number of benzene rings is 2. The van der Waals surface area contributed by atoms with E-state index in [0.29, 0.717) is 28.7 Å². The van der Waals surface area contributed by atoms with Gasteiger partial charge in [-0.15, -0.1) is 0 Å². The fourth-order valence-corrected chi connectivity index (χ4v) is 3.45. The van der Waals surface area contributed by atoms with E-state index in [4.69, 9.17) is 16.3 Å². The van der Waals surface area contributed by atoms with E-state index in [1.807, 2.05) is 13.8 Å². The van der Waals surface area contributed by atoms with Gasteiger partial charge in [-0.2, -0.15) is 0 Å². The number of hydrogen-bond acceptors (Lipinski definition) is 4. The molecule has 4 amide bonds. The third-order valence-corrected chi connectivity index (χ3v) is 4.97. The van der Waals surface area contributed by atoms with Gasteiger partial charge < -0.3 is 15.0 Å². The Bertz CT molecular complexity index is 928. The van der Waals surface area contributed by atoms with Crippen molar-refractivity contribution in [2.75, 3.05) is 23.9 Å². The molecule has 0 radical (unpaired) electrons. The topological polar surface area (TPSA) is 79.0 Å². The summed E-state index contributed by atoms with van der Waals surface area (Å²) in [7, 11) is 1.54. The summed E-state index contributed by atoms with van der Waals surface area (Å²) >= 11 is 5.87. The summed E-state index contributed by atoms with van der Waals surface area (Å²) in [5.41, 5.74) is 1.02. The number of hydrogen-bond donors (Lipinski definition) is 1. The molecule has 1 saturated heterocycles. The lowest BCUT2D eigenvalue weighted by Crippen LogP contribution is -2.40. The minimum absolute atomic E-state index is 0.132. The molecule has 0 aliphatic carbocycles. The molecule has 0 aromatic heterocycles. The average Bonchev–Trinajstić information content (AvgIpc) is 2.93. The Morgan fingerprint density at radius 3 is 2.30 bits per heavy atom. The van der Waals surface area contributed by atoms with Gasteiger partial charge in [0.2, 0.25) is 5.91 Å². The van der Waals surface area contributed by atoms with Gasteiger partial charge in [0.1, 0.15) is 11.8 Å². The van der Waals surface area contributed by atoms with Crippen LogP contribution in [0.5, 0.6) is 5.75 Å². The lowest BCUT2D eigenvalue weighted by molar-refractivity contribution is -0.124. The predicted octanol–water partition coefficient (Wildman–Crippen LogP) is 4.17. The Balaban J connectivity index is 1.81. The highest BCUT2D eigenvalue weighted by Gasteiger charge is 2.46. The number of anilines is 2. The van der Waals surface area contributed by atoms with Gasteiger partial charge in [0, 0.05) is 17.3 Å². The maximum atomic E-state index is 13.1. The van der Waals surface area contributed by atoms with E-state index < -0.39 is 18.0 Å². The Kier molecular flexibility index (Phi) is 6.62. The van der Waals surface area contributed by atoms with E-state index in [2.05, 4.69) is 5.32 Å². The number of rotatable bonds is 7. The maximum Gasteiger partial charge on any atom is 0.332 e. The third-order valence-electron chi connectivity index (χ3n) is 4.72. The van der Waals surface area contributed by atoms with Gasteiger partial charge in [-0.25, -0.2) is 9.69 Å². The number of carbonyl (C=O) groups is 3. The van der Waals surface area contributed by atoms with Crippen LogP contribution in [-0.4, -0.2) is 42.4 Å². The van der Waals surface area contributed by atoms with Gasteiger partial charge in [0.25, 0.3) is 5.91 Å². The van der Waals surface area contributed by atoms with Crippen LogP contribution >= 0.6 is 11.6 Å². The van der Waals surface area contributed by atoms with E-state index in [0.717, 1.165) is 4.90 Å². The summed E-state index contributed by atoms with van der Waals surface area (Å²) in [5, 5.41) is 3.31. The van der Waals surface area contributed by atoms with Crippen molar-refractivity contribution in [3.05, 3.63) is 53.6 Å². The van der Waals surface area contributed by atoms with Crippen molar-refractivity contribution in [3.63, 3.8) is 0 Å². The van der Waals surface area contributed by atoms with Crippen LogP contribution in [0.1, 0.15) is 20.3 Å². The molecule has 1 atom stereocenters. The van der Waals surface area contributed by atoms with E-state index in [-0.39, 0.29) is 18.2 Å². The molecule has 1 fully saturated rings. The molecule has 1 aliphatic heterocycles. The minimum Gasteiger partial charge on any atom is -0.497 e. The van der Waals surface area contributed by atoms with Crippen molar-refractivity contribution in [2.24, 2.45) is 5.92 Å². The number of nitrogens with one attached hydrogen (secondary N) is 1. The Morgan fingerprint density at radius 1 is 1.10 bits per heavy atom. The van der Waals surface area contributed by atoms with Gasteiger partial charge in [0.05, 0.1) is 19.2 Å². The molecule has 0 saturated carbocycles. The molecule has 1 aliphatic rings. The average molecular weight is 430 g/mol. The second-order valence-electron chi connectivity index (χ2n) is 7.48. The molecule has 0 spiro atoms. The molecular formula is C22H24ClN3O4. The van der Waals surface area contributed by atoms with Crippen molar-refractivity contribution >= 4 is 40.8 Å². The molecule has 1 heterocycles. The number of amides is 4. The zero-order chi connectivity index (χ0) is 21.8. The second-order valence-corrected chi connectivity index (χ2v) is 7.91. The summed E-state index contributed by atoms with van der Waals surface area (Å²) in [5.74, 6) is -0.0129. The molecule has 2 aromatic carbocycles. The van der Waals surface area contributed by atoms with Crippen LogP contribution in [0.2, 0.25) is 5.02 Å². The summed E-state index contributed by atoms with van der Waals surface area (Å²) in [6.45, 7) is 4.29. The van der Waals surface area contributed by atoms with Crippen LogP contribution in [0.25, 0.3) is 0 Å². The number of methoxy groups -OCH3 is 1.